The topological polar surface area (TPSA) is 61.3 Å². The summed E-state index contributed by atoms with van der Waals surface area (Å²) in [5, 5.41) is 9.98. The van der Waals surface area contributed by atoms with Crippen LogP contribution in [-0.2, 0) is 16.9 Å². The van der Waals surface area contributed by atoms with Crippen LogP contribution in [0.5, 0.6) is 5.75 Å². The van der Waals surface area contributed by atoms with Crippen molar-refractivity contribution in [1.29, 1.82) is 5.26 Å². The van der Waals surface area contributed by atoms with Gasteiger partial charge in [-0.15, -0.1) is 0 Å². The number of aromatic amines is 1. The molecule has 1 aromatic heterocycles. The number of para-hydroxylation sites is 1. The van der Waals surface area contributed by atoms with E-state index in [-0.39, 0.29) is 11.7 Å². The highest BCUT2D eigenvalue weighted by Crippen LogP contribution is 2.45. The van der Waals surface area contributed by atoms with Crippen LogP contribution in [0, 0.1) is 28.8 Å². The molecule has 230 valence electrons. The van der Waals surface area contributed by atoms with Crippen LogP contribution in [0.25, 0.3) is 10.9 Å². The van der Waals surface area contributed by atoms with Gasteiger partial charge in [0.1, 0.15) is 35.4 Å². The summed E-state index contributed by atoms with van der Waals surface area (Å²) in [6.45, 7) is 4.85. The van der Waals surface area contributed by atoms with E-state index in [2.05, 4.69) is 22.9 Å². The average Bonchev–Trinajstić information content (AvgIpc) is 3.64. The molecular formula is C37H34F3N3O2. The molecule has 6 rings (SSSR count). The lowest BCUT2D eigenvalue weighted by Crippen LogP contribution is -2.34. The van der Waals surface area contributed by atoms with Crippen molar-refractivity contribution in [2.24, 2.45) is 0 Å². The summed E-state index contributed by atoms with van der Waals surface area (Å²) in [4.78, 5) is 5.28. The van der Waals surface area contributed by atoms with E-state index in [1.54, 1.807) is 24.4 Å². The first-order valence-corrected chi connectivity index (χ1v) is 15.2. The van der Waals surface area contributed by atoms with Crippen LogP contribution in [0.2, 0.25) is 0 Å². The maximum Gasteiger partial charge on any atom is 0.150 e. The molecule has 1 aliphatic heterocycles. The molecule has 4 aromatic carbocycles. The lowest BCUT2D eigenvalue weighted by Gasteiger charge is -2.32. The maximum atomic E-state index is 14.4. The van der Waals surface area contributed by atoms with Crippen molar-refractivity contribution >= 4 is 10.9 Å². The Kier molecular flexibility index (Phi) is 8.92. The Morgan fingerprint density at radius 1 is 0.978 bits per heavy atom. The summed E-state index contributed by atoms with van der Waals surface area (Å²) in [5.41, 5.74) is 3.75. The summed E-state index contributed by atoms with van der Waals surface area (Å²) >= 11 is 0. The van der Waals surface area contributed by atoms with Gasteiger partial charge >= 0.3 is 0 Å². The minimum Gasteiger partial charge on any atom is -0.492 e. The number of rotatable bonds is 12. The Labute approximate surface area is 260 Å². The normalized spacial score (nSPS) is 16.5. The number of H-pyrrole nitrogens is 1. The molecular weight excluding hydrogens is 575 g/mol. The monoisotopic (exact) mass is 609 g/mol. The van der Waals surface area contributed by atoms with Crippen molar-refractivity contribution in [1.82, 2.24) is 9.88 Å². The first kappa shape index (κ1) is 30.4. The summed E-state index contributed by atoms with van der Waals surface area (Å²) in [6, 6.07) is 26.2. The largest absolute Gasteiger partial charge is 0.492 e. The van der Waals surface area contributed by atoms with E-state index >= 15 is 0 Å². The molecule has 2 heterocycles. The number of aromatic nitrogens is 1. The Morgan fingerprint density at radius 3 is 2.56 bits per heavy atom. The summed E-state index contributed by atoms with van der Waals surface area (Å²) in [6.07, 6.45) is 3.14. The highest BCUT2D eigenvalue weighted by molar-refractivity contribution is 5.84. The van der Waals surface area contributed by atoms with Crippen molar-refractivity contribution in [3.05, 3.63) is 136 Å². The Hall–Kier alpha value is -4.58. The van der Waals surface area contributed by atoms with Gasteiger partial charge in [-0.1, -0.05) is 43.3 Å². The van der Waals surface area contributed by atoms with Crippen LogP contribution < -0.4 is 4.74 Å². The highest BCUT2D eigenvalue weighted by atomic mass is 19.1. The van der Waals surface area contributed by atoms with E-state index in [1.165, 1.54) is 18.2 Å². The quantitative estimate of drug-likeness (QED) is 0.155. The molecule has 0 radical (unpaired) electrons. The SMILES string of the molecule is CC(CN(CCCC1(c2ccc(F)cc2)OCc2cc(C#N)ccc21)CCOc1ccccc1)c1c[nH]c2c(F)cc(F)cc12. The summed E-state index contributed by atoms with van der Waals surface area (Å²) in [5.74, 6) is -0.776. The van der Waals surface area contributed by atoms with Gasteiger partial charge in [-0.25, -0.2) is 13.2 Å². The van der Waals surface area contributed by atoms with Gasteiger partial charge < -0.3 is 14.5 Å². The molecule has 45 heavy (non-hydrogen) atoms. The predicted molar refractivity (Wildman–Crippen MR) is 167 cm³/mol. The minimum atomic E-state index is -0.777. The molecule has 1 aliphatic rings. The van der Waals surface area contributed by atoms with Crippen LogP contribution >= 0.6 is 0 Å². The average molecular weight is 610 g/mol. The second kappa shape index (κ2) is 13.2. The van der Waals surface area contributed by atoms with Gasteiger partial charge in [-0.3, -0.25) is 4.90 Å². The molecule has 0 bridgehead atoms. The van der Waals surface area contributed by atoms with E-state index in [9.17, 15) is 18.4 Å². The number of hydrogen-bond donors (Lipinski definition) is 1. The molecule has 5 nitrogen and oxygen atoms in total. The number of fused-ring (bicyclic) bond motifs is 2. The third-order valence-electron chi connectivity index (χ3n) is 8.68. The second-order valence-corrected chi connectivity index (χ2v) is 11.6. The number of nitriles is 1. The van der Waals surface area contributed by atoms with Gasteiger partial charge in [0.15, 0.2) is 0 Å². The van der Waals surface area contributed by atoms with Crippen molar-refractivity contribution in [3.8, 4) is 11.8 Å². The van der Waals surface area contributed by atoms with Crippen molar-refractivity contribution < 1.29 is 22.6 Å². The van der Waals surface area contributed by atoms with E-state index in [4.69, 9.17) is 9.47 Å². The van der Waals surface area contributed by atoms with Crippen LogP contribution in [0.15, 0.2) is 91.1 Å². The number of benzene rings is 4. The molecule has 0 saturated carbocycles. The Bertz CT molecular complexity index is 1820. The second-order valence-electron chi connectivity index (χ2n) is 11.6. The number of halogens is 3. The molecule has 5 aromatic rings. The maximum absolute atomic E-state index is 14.4. The highest BCUT2D eigenvalue weighted by Gasteiger charge is 2.41. The Morgan fingerprint density at radius 2 is 1.78 bits per heavy atom. The zero-order valence-electron chi connectivity index (χ0n) is 25.0. The van der Waals surface area contributed by atoms with Crippen LogP contribution in [-0.4, -0.2) is 36.1 Å². The van der Waals surface area contributed by atoms with E-state index in [0.29, 0.717) is 55.7 Å². The van der Waals surface area contributed by atoms with Gasteiger partial charge in [0.2, 0.25) is 0 Å². The fraction of sp³-hybridized carbons (Fsp3) is 0.270. The van der Waals surface area contributed by atoms with Crippen molar-refractivity contribution in [2.45, 2.75) is 37.9 Å². The van der Waals surface area contributed by atoms with Gasteiger partial charge in [0.25, 0.3) is 0 Å². The van der Waals surface area contributed by atoms with Gasteiger partial charge in [0, 0.05) is 30.7 Å². The summed E-state index contributed by atoms with van der Waals surface area (Å²) in [7, 11) is 0. The zero-order chi connectivity index (χ0) is 31.4. The zero-order valence-corrected chi connectivity index (χ0v) is 25.0. The van der Waals surface area contributed by atoms with E-state index in [1.807, 2.05) is 42.5 Å². The van der Waals surface area contributed by atoms with Crippen molar-refractivity contribution in [3.63, 3.8) is 0 Å². The van der Waals surface area contributed by atoms with Gasteiger partial charge in [-0.2, -0.15) is 5.26 Å². The molecule has 0 fully saturated rings. The summed E-state index contributed by atoms with van der Waals surface area (Å²) < 4.78 is 55.0. The van der Waals surface area contributed by atoms with Crippen LogP contribution in [0.4, 0.5) is 13.2 Å². The third-order valence-corrected chi connectivity index (χ3v) is 8.68. The fourth-order valence-electron chi connectivity index (χ4n) is 6.49. The third kappa shape index (κ3) is 6.46. The number of hydrogen-bond acceptors (Lipinski definition) is 4. The smallest absolute Gasteiger partial charge is 0.150 e. The molecule has 0 aliphatic carbocycles. The fourth-order valence-corrected chi connectivity index (χ4v) is 6.49. The molecule has 0 amide bonds. The van der Waals surface area contributed by atoms with Crippen molar-refractivity contribution in [2.75, 3.05) is 26.2 Å². The first-order chi connectivity index (χ1) is 21.9. The molecule has 1 N–H and O–H groups in total. The number of ether oxygens (including phenoxy) is 2. The number of nitrogens with zero attached hydrogens (tertiary/aromatic N) is 2. The molecule has 2 unspecified atom stereocenters. The van der Waals surface area contributed by atoms with Gasteiger partial charge in [0.05, 0.1) is 23.8 Å². The van der Waals surface area contributed by atoms with E-state index < -0.39 is 17.2 Å². The standard InChI is InChI=1S/C37H34F3N3O2/c1-25(33-22-42-36-32(33)19-30(39)20-35(36)40)23-43(16-17-44-31-6-3-2-4-7-31)15-5-14-37(28-9-11-29(38)12-10-28)34-13-8-26(21-41)18-27(34)24-45-37/h2-4,6-13,18-20,22,25,42H,5,14-17,23-24H2,1H3. The van der Waals surface area contributed by atoms with Gasteiger partial charge in [-0.05, 0) is 90.0 Å². The molecule has 8 heteroatoms. The van der Waals surface area contributed by atoms with Crippen LogP contribution in [0.1, 0.15) is 53.5 Å². The molecule has 2 atom stereocenters. The minimum absolute atomic E-state index is 0.0319. The first-order valence-electron chi connectivity index (χ1n) is 15.2. The van der Waals surface area contributed by atoms with Crippen LogP contribution in [0.3, 0.4) is 0 Å². The lowest BCUT2D eigenvalue weighted by atomic mass is 9.81. The molecule has 0 saturated heterocycles. The predicted octanol–water partition coefficient (Wildman–Crippen LogP) is 8.20. The molecule has 0 spiro atoms. The van der Waals surface area contributed by atoms with E-state index in [0.717, 1.165) is 40.5 Å². The Balaban J connectivity index is 1.23. The number of nitrogens with one attached hydrogen (secondary N) is 1. The lowest BCUT2D eigenvalue weighted by molar-refractivity contribution is -0.0148.